The highest BCUT2D eigenvalue weighted by Crippen LogP contribution is 2.73. The highest BCUT2D eigenvalue weighted by molar-refractivity contribution is 5.76. The summed E-state index contributed by atoms with van der Waals surface area (Å²) in [4.78, 5) is 12.2. The fourth-order valence-electron chi connectivity index (χ4n) is 9.56. The zero-order chi connectivity index (χ0) is 23.5. The first-order valence-corrected chi connectivity index (χ1v) is 13.6. The summed E-state index contributed by atoms with van der Waals surface area (Å²) in [5, 5.41) is 24.9. The van der Waals surface area contributed by atoms with Crippen LogP contribution in [0, 0.1) is 45.8 Å². The molecule has 4 aliphatic rings. The molecule has 4 nitrogen and oxygen atoms in total. The van der Waals surface area contributed by atoms with E-state index in [9.17, 15) is 15.0 Å². The number of hydrogen-bond donors (Lipinski definition) is 3. The van der Waals surface area contributed by atoms with Crippen molar-refractivity contribution >= 4 is 5.91 Å². The quantitative estimate of drug-likeness (QED) is 0.535. The SMILES string of the molecule is CC(C)NC(=O)CC[C@H](C)[C@@H]1CC[C@@H]2[C@H]3[C@H](O)C[C@H]4C[C@@H](O)CC[C@@]4(C)[C@]3(C)CC[C@]21C. The Labute approximate surface area is 196 Å². The molecule has 0 aliphatic heterocycles. The lowest BCUT2D eigenvalue weighted by atomic mass is 9.37. The lowest BCUT2D eigenvalue weighted by molar-refractivity contribution is -0.224. The molecule has 0 heterocycles. The maximum atomic E-state index is 12.2. The minimum absolute atomic E-state index is 0.162. The van der Waals surface area contributed by atoms with Crippen molar-refractivity contribution in [1.29, 1.82) is 0 Å². The lowest BCUT2D eigenvalue weighted by Crippen LogP contribution is -2.64. The summed E-state index contributed by atoms with van der Waals surface area (Å²) >= 11 is 0. The van der Waals surface area contributed by atoms with Gasteiger partial charge in [-0.15, -0.1) is 0 Å². The number of nitrogens with one attached hydrogen (secondary N) is 1. The van der Waals surface area contributed by atoms with E-state index in [2.05, 4.69) is 33.0 Å². The zero-order valence-electron chi connectivity index (χ0n) is 21.5. The number of carbonyl (C=O) groups excluding carboxylic acids is 1. The van der Waals surface area contributed by atoms with Crippen LogP contribution >= 0.6 is 0 Å². The Morgan fingerprint density at radius 2 is 1.69 bits per heavy atom. The van der Waals surface area contributed by atoms with Gasteiger partial charge in [-0.05, 0) is 117 Å². The third kappa shape index (κ3) is 3.76. The van der Waals surface area contributed by atoms with Crippen molar-refractivity contribution in [3.63, 3.8) is 0 Å². The second kappa shape index (κ2) is 8.56. The Morgan fingerprint density at radius 3 is 2.38 bits per heavy atom. The van der Waals surface area contributed by atoms with Crippen molar-refractivity contribution in [2.24, 2.45) is 45.8 Å². The summed E-state index contributed by atoms with van der Waals surface area (Å²) in [5.74, 6) is 2.78. The van der Waals surface area contributed by atoms with Gasteiger partial charge in [0.25, 0.3) is 0 Å². The van der Waals surface area contributed by atoms with E-state index in [4.69, 9.17) is 0 Å². The Hall–Kier alpha value is -0.610. The number of aliphatic hydroxyl groups excluding tert-OH is 2. The van der Waals surface area contributed by atoms with Crippen LogP contribution in [-0.4, -0.2) is 34.4 Å². The Balaban J connectivity index is 1.52. The normalized spacial score (nSPS) is 49.2. The maximum Gasteiger partial charge on any atom is 0.220 e. The van der Waals surface area contributed by atoms with Crippen LogP contribution in [0.15, 0.2) is 0 Å². The molecule has 3 N–H and O–H groups in total. The van der Waals surface area contributed by atoms with Crippen LogP contribution in [0.2, 0.25) is 0 Å². The third-order valence-corrected chi connectivity index (χ3v) is 11.5. The number of carbonyl (C=O) groups is 1. The zero-order valence-corrected chi connectivity index (χ0v) is 21.5. The van der Waals surface area contributed by atoms with Gasteiger partial charge in [0.05, 0.1) is 12.2 Å². The molecular formula is C28H49NO3. The minimum atomic E-state index is -0.237. The molecule has 4 rings (SSSR count). The number of hydrogen-bond acceptors (Lipinski definition) is 3. The third-order valence-electron chi connectivity index (χ3n) is 11.5. The van der Waals surface area contributed by atoms with Crippen LogP contribution in [0.5, 0.6) is 0 Å². The fourth-order valence-corrected chi connectivity index (χ4v) is 9.56. The van der Waals surface area contributed by atoms with Gasteiger partial charge in [-0.3, -0.25) is 4.79 Å². The average molecular weight is 448 g/mol. The van der Waals surface area contributed by atoms with Crippen LogP contribution in [0.1, 0.15) is 106 Å². The predicted molar refractivity (Wildman–Crippen MR) is 129 cm³/mol. The molecule has 0 aromatic heterocycles. The van der Waals surface area contributed by atoms with E-state index in [1.807, 2.05) is 13.8 Å². The second-order valence-corrected chi connectivity index (χ2v) is 13.3. The van der Waals surface area contributed by atoms with Gasteiger partial charge in [0.15, 0.2) is 0 Å². The van der Waals surface area contributed by atoms with E-state index >= 15 is 0 Å². The van der Waals surface area contributed by atoms with Crippen molar-refractivity contribution in [2.75, 3.05) is 0 Å². The van der Waals surface area contributed by atoms with E-state index in [-0.39, 0.29) is 40.4 Å². The van der Waals surface area contributed by atoms with Crippen LogP contribution < -0.4 is 5.32 Å². The maximum absolute atomic E-state index is 12.2. The van der Waals surface area contributed by atoms with Gasteiger partial charge in [-0.25, -0.2) is 0 Å². The Morgan fingerprint density at radius 1 is 0.969 bits per heavy atom. The largest absolute Gasteiger partial charge is 0.393 e. The van der Waals surface area contributed by atoms with Crippen LogP contribution in [-0.2, 0) is 4.79 Å². The molecule has 0 unspecified atom stereocenters. The van der Waals surface area contributed by atoms with Gasteiger partial charge in [0.1, 0.15) is 0 Å². The number of fused-ring (bicyclic) bond motifs is 5. The summed E-state index contributed by atoms with van der Waals surface area (Å²) < 4.78 is 0. The summed E-state index contributed by atoms with van der Waals surface area (Å²) in [6, 6.07) is 0.209. The van der Waals surface area contributed by atoms with Crippen molar-refractivity contribution in [2.45, 2.75) is 124 Å². The number of amides is 1. The molecule has 1 amide bonds. The highest BCUT2D eigenvalue weighted by Gasteiger charge is 2.67. The van der Waals surface area contributed by atoms with E-state index in [1.165, 1.54) is 25.7 Å². The molecule has 0 spiro atoms. The Bertz CT molecular complexity index is 709. The molecule has 10 atom stereocenters. The first-order chi connectivity index (χ1) is 14.9. The van der Waals surface area contributed by atoms with Gasteiger partial charge in [0, 0.05) is 12.5 Å². The second-order valence-electron chi connectivity index (χ2n) is 13.3. The van der Waals surface area contributed by atoms with Crippen LogP contribution in [0.25, 0.3) is 0 Å². The van der Waals surface area contributed by atoms with Gasteiger partial charge >= 0.3 is 0 Å². The topological polar surface area (TPSA) is 69.6 Å². The summed E-state index contributed by atoms with van der Waals surface area (Å²) in [6.07, 6.45) is 9.85. The first kappa shape index (κ1) is 24.5. The standard InChI is InChI=1S/C28H49NO3/c1-17(2)29-24(32)10-7-18(3)21-8-9-22-25-23(31)16-19-15-20(30)11-12-27(19,5)28(25,6)14-13-26(21,22)4/h17-23,25,30-31H,7-16H2,1-6H3,(H,29,32)/t18-,19+,20-,21-,22+,23+,25-,26-,27+,28+/m0/s1. The van der Waals surface area contributed by atoms with Crippen LogP contribution in [0.4, 0.5) is 0 Å². The van der Waals surface area contributed by atoms with Crippen molar-refractivity contribution in [1.82, 2.24) is 5.32 Å². The molecular weight excluding hydrogens is 398 g/mol. The van der Waals surface area contributed by atoms with Gasteiger partial charge in [0.2, 0.25) is 5.91 Å². The molecule has 4 saturated carbocycles. The monoisotopic (exact) mass is 447 g/mol. The molecule has 0 bridgehead atoms. The molecule has 184 valence electrons. The summed E-state index contributed by atoms with van der Waals surface area (Å²) in [7, 11) is 0. The number of rotatable bonds is 5. The van der Waals surface area contributed by atoms with E-state index in [0.29, 0.717) is 36.0 Å². The molecule has 4 fully saturated rings. The molecule has 0 aromatic rings. The fraction of sp³-hybridized carbons (Fsp3) is 0.964. The average Bonchev–Trinajstić information content (AvgIpc) is 3.05. The van der Waals surface area contributed by atoms with Crippen molar-refractivity contribution in [3.8, 4) is 0 Å². The van der Waals surface area contributed by atoms with Crippen molar-refractivity contribution < 1.29 is 15.0 Å². The predicted octanol–water partition coefficient (Wildman–Crippen LogP) is 5.31. The summed E-state index contributed by atoms with van der Waals surface area (Å²) in [6.45, 7) is 13.9. The van der Waals surface area contributed by atoms with Crippen LogP contribution in [0.3, 0.4) is 0 Å². The molecule has 0 radical (unpaired) electrons. The molecule has 4 heteroatoms. The number of aliphatic hydroxyl groups is 2. The van der Waals surface area contributed by atoms with E-state index < -0.39 is 0 Å². The van der Waals surface area contributed by atoms with Gasteiger partial charge in [-0.1, -0.05) is 27.7 Å². The van der Waals surface area contributed by atoms with Gasteiger partial charge in [-0.2, -0.15) is 0 Å². The molecule has 4 aliphatic carbocycles. The van der Waals surface area contributed by atoms with E-state index in [0.717, 1.165) is 32.1 Å². The van der Waals surface area contributed by atoms with E-state index in [1.54, 1.807) is 0 Å². The van der Waals surface area contributed by atoms with Gasteiger partial charge < -0.3 is 15.5 Å². The first-order valence-electron chi connectivity index (χ1n) is 13.6. The summed E-state index contributed by atoms with van der Waals surface area (Å²) in [5.41, 5.74) is 0.668. The highest BCUT2D eigenvalue weighted by atomic mass is 16.3. The molecule has 0 saturated heterocycles. The van der Waals surface area contributed by atoms with Crippen molar-refractivity contribution in [3.05, 3.63) is 0 Å². The minimum Gasteiger partial charge on any atom is -0.393 e. The Kier molecular flexibility index (Phi) is 6.55. The molecule has 0 aromatic carbocycles. The molecule has 32 heavy (non-hydrogen) atoms. The smallest absolute Gasteiger partial charge is 0.220 e. The lowest BCUT2D eigenvalue weighted by Gasteiger charge is -2.68.